The molecule has 0 unspecified atom stereocenters. The van der Waals surface area contributed by atoms with Crippen LogP contribution in [-0.4, -0.2) is 48.2 Å². The molecule has 162 valence electrons. The maximum Gasteiger partial charge on any atom is 0.240 e. The van der Waals surface area contributed by atoms with Gasteiger partial charge < -0.3 is 26.4 Å². The number of benzene rings is 2. The highest BCUT2D eigenvalue weighted by molar-refractivity contribution is 6.31. The molecule has 3 aromatic rings. The molecule has 4 rings (SSSR count). The Morgan fingerprint density at radius 3 is 2.84 bits per heavy atom. The van der Waals surface area contributed by atoms with Gasteiger partial charge in [-0.15, -0.1) is 0 Å². The minimum atomic E-state index is -0.718. The number of aromatic nitrogens is 2. The molecule has 0 spiro atoms. The number of nitrogens with two attached hydrogens (primary N) is 1. The van der Waals surface area contributed by atoms with Crippen LogP contribution in [0.25, 0.3) is 10.9 Å². The van der Waals surface area contributed by atoms with Gasteiger partial charge in [0.25, 0.3) is 0 Å². The summed E-state index contributed by atoms with van der Waals surface area (Å²) in [7, 11) is 1.58. The molecule has 8 nitrogen and oxygen atoms in total. The first-order valence-corrected chi connectivity index (χ1v) is 10.1. The summed E-state index contributed by atoms with van der Waals surface area (Å²) in [4.78, 5) is 20.3. The van der Waals surface area contributed by atoms with Crippen LogP contribution in [0.15, 0.2) is 36.7 Å². The largest absolute Gasteiger partial charge is 0.496 e. The standard InChI is InChI=1S/C21H22ClFN6O2/c1-31-17-8-16-13(7-12(17)5-6-28-21(20(24)30)9-25-10-21)19(27-11-26-16)29-15-4-2-3-14(22)18(15)23/h2-4,7-8,11,25,28H,5-6,9-10H2,1H3,(H2,24,30)(H,26,27,29). The number of hydrogen-bond acceptors (Lipinski definition) is 7. The zero-order valence-corrected chi connectivity index (χ0v) is 17.6. The number of amides is 1. The number of primary amides is 1. The highest BCUT2D eigenvalue weighted by Gasteiger charge is 2.42. The van der Waals surface area contributed by atoms with Crippen LogP contribution in [0, 0.1) is 5.82 Å². The Kier molecular flexibility index (Phi) is 5.90. The van der Waals surface area contributed by atoms with Crippen LogP contribution in [0.3, 0.4) is 0 Å². The molecule has 0 aliphatic carbocycles. The van der Waals surface area contributed by atoms with Crippen LogP contribution >= 0.6 is 11.6 Å². The third-order valence-electron chi connectivity index (χ3n) is 5.43. The van der Waals surface area contributed by atoms with Gasteiger partial charge in [-0.1, -0.05) is 17.7 Å². The van der Waals surface area contributed by atoms with Crippen molar-refractivity contribution < 1.29 is 13.9 Å². The van der Waals surface area contributed by atoms with E-state index in [9.17, 15) is 9.18 Å². The Morgan fingerprint density at radius 2 is 2.16 bits per heavy atom. The fourth-order valence-electron chi connectivity index (χ4n) is 3.54. The fraction of sp³-hybridized carbons (Fsp3) is 0.286. The lowest BCUT2D eigenvalue weighted by molar-refractivity contribution is -0.126. The van der Waals surface area contributed by atoms with Gasteiger partial charge >= 0.3 is 0 Å². The van der Waals surface area contributed by atoms with Crippen LogP contribution in [0.2, 0.25) is 5.02 Å². The molecule has 0 radical (unpaired) electrons. The third-order valence-corrected chi connectivity index (χ3v) is 5.72. The molecule has 1 aliphatic heterocycles. The van der Waals surface area contributed by atoms with Gasteiger partial charge in [-0.05, 0) is 30.2 Å². The van der Waals surface area contributed by atoms with E-state index in [1.807, 2.05) is 6.07 Å². The number of anilines is 2. The lowest BCUT2D eigenvalue weighted by Crippen LogP contribution is -2.74. The number of nitrogens with zero attached hydrogens (tertiary/aromatic N) is 2. The summed E-state index contributed by atoms with van der Waals surface area (Å²) >= 11 is 5.89. The molecular weight excluding hydrogens is 423 g/mol. The summed E-state index contributed by atoms with van der Waals surface area (Å²) in [5.41, 5.74) is 6.56. The van der Waals surface area contributed by atoms with E-state index in [1.54, 1.807) is 25.3 Å². The SMILES string of the molecule is COc1cc2ncnc(Nc3cccc(Cl)c3F)c2cc1CCNC1(C(N)=O)CNC1. The van der Waals surface area contributed by atoms with Crippen LogP contribution in [-0.2, 0) is 11.2 Å². The summed E-state index contributed by atoms with van der Waals surface area (Å²) in [6.07, 6.45) is 1.97. The van der Waals surface area contributed by atoms with Crippen LogP contribution < -0.4 is 26.4 Å². The first-order chi connectivity index (χ1) is 14.9. The van der Waals surface area contributed by atoms with Gasteiger partial charge in [0.05, 0.1) is 23.3 Å². The van der Waals surface area contributed by atoms with Gasteiger partial charge in [-0.25, -0.2) is 14.4 Å². The number of carbonyl (C=O) groups excluding carboxylic acids is 1. The summed E-state index contributed by atoms with van der Waals surface area (Å²) in [5, 5.41) is 10.0. The predicted octanol–water partition coefficient (Wildman–Crippen LogP) is 2.13. The molecule has 10 heteroatoms. The van der Waals surface area contributed by atoms with Gasteiger partial charge in [0.2, 0.25) is 5.91 Å². The minimum absolute atomic E-state index is 0.0191. The Hall–Kier alpha value is -3.01. The molecule has 31 heavy (non-hydrogen) atoms. The molecule has 0 atom stereocenters. The Balaban J connectivity index is 1.62. The topological polar surface area (TPSA) is 114 Å². The van der Waals surface area contributed by atoms with Crippen LogP contribution in [0.4, 0.5) is 15.9 Å². The van der Waals surface area contributed by atoms with Crippen molar-refractivity contribution in [2.45, 2.75) is 12.0 Å². The molecule has 0 bridgehead atoms. The second-order valence-electron chi connectivity index (χ2n) is 7.36. The van der Waals surface area contributed by atoms with Crippen molar-refractivity contribution in [2.24, 2.45) is 5.73 Å². The minimum Gasteiger partial charge on any atom is -0.496 e. The van der Waals surface area contributed by atoms with Crippen molar-refractivity contribution in [2.75, 3.05) is 32.1 Å². The molecular formula is C21H22ClFN6O2. The number of hydrogen-bond donors (Lipinski definition) is 4. The number of ether oxygens (including phenoxy) is 1. The Bertz CT molecular complexity index is 1140. The zero-order chi connectivity index (χ0) is 22.0. The molecule has 2 aromatic carbocycles. The maximum atomic E-state index is 14.4. The molecule has 1 aliphatic rings. The quantitative estimate of drug-likeness (QED) is 0.421. The van der Waals surface area contributed by atoms with Crippen molar-refractivity contribution >= 4 is 39.9 Å². The highest BCUT2D eigenvalue weighted by Crippen LogP contribution is 2.31. The third kappa shape index (κ3) is 4.12. The van der Waals surface area contributed by atoms with Crippen molar-refractivity contribution in [3.05, 3.63) is 53.1 Å². The zero-order valence-electron chi connectivity index (χ0n) is 16.8. The van der Waals surface area contributed by atoms with Crippen LogP contribution in [0.5, 0.6) is 5.75 Å². The lowest BCUT2D eigenvalue weighted by Gasteiger charge is -2.40. The molecule has 0 saturated carbocycles. The van der Waals surface area contributed by atoms with Gasteiger partial charge in [0.15, 0.2) is 5.82 Å². The van der Waals surface area contributed by atoms with E-state index >= 15 is 0 Å². The van der Waals surface area contributed by atoms with Crippen molar-refractivity contribution in [3.8, 4) is 5.75 Å². The summed E-state index contributed by atoms with van der Waals surface area (Å²) in [6.45, 7) is 1.53. The second-order valence-corrected chi connectivity index (χ2v) is 7.76. The summed E-state index contributed by atoms with van der Waals surface area (Å²) in [6, 6.07) is 8.42. The van der Waals surface area contributed by atoms with E-state index in [-0.39, 0.29) is 16.6 Å². The highest BCUT2D eigenvalue weighted by atomic mass is 35.5. The lowest BCUT2D eigenvalue weighted by atomic mass is 9.91. The molecule has 1 fully saturated rings. The van der Waals surface area contributed by atoms with E-state index < -0.39 is 11.4 Å². The number of rotatable bonds is 8. The maximum absolute atomic E-state index is 14.4. The first-order valence-electron chi connectivity index (χ1n) is 9.72. The van der Waals surface area contributed by atoms with E-state index in [0.717, 1.165) is 5.56 Å². The van der Waals surface area contributed by atoms with Crippen LogP contribution in [0.1, 0.15) is 5.56 Å². The molecule has 2 heterocycles. The predicted molar refractivity (Wildman–Crippen MR) is 117 cm³/mol. The number of methoxy groups -OCH3 is 1. The Morgan fingerprint density at radius 1 is 1.35 bits per heavy atom. The number of nitrogens with one attached hydrogen (secondary N) is 3. The fourth-order valence-corrected chi connectivity index (χ4v) is 3.71. The Labute approximate surface area is 183 Å². The van der Waals surface area contributed by atoms with Crippen molar-refractivity contribution in [1.82, 2.24) is 20.6 Å². The molecule has 1 saturated heterocycles. The number of halogens is 2. The average molecular weight is 445 g/mol. The summed E-state index contributed by atoms with van der Waals surface area (Å²) < 4.78 is 19.9. The monoisotopic (exact) mass is 444 g/mol. The van der Waals surface area contributed by atoms with Gasteiger partial charge in [-0.3, -0.25) is 4.79 Å². The van der Waals surface area contributed by atoms with E-state index in [0.29, 0.717) is 48.5 Å². The van der Waals surface area contributed by atoms with E-state index in [4.69, 9.17) is 22.1 Å². The second kappa shape index (κ2) is 8.62. The van der Waals surface area contributed by atoms with Crippen molar-refractivity contribution in [3.63, 3.8) is 0 Å². The van der Waals surface area contributed by atoms with Crippen molar-refractivity contribution in [1.29, 1.82) is 0 Å². The number of fused-ring (bicyclic) bond motifs is 1. The average Bonchev–Trinajstić information content (AvgIpc) is 2.72. The van der Waals surface area contributed by atoms with Gasteiger partial charge in [0.1, 0.15) is 23.4 Å². The van der Waals surface area contributed by atoms with Gasteiger partial charge in [-0.2, -0.15) is 0 Å². The molecule has 1 amide bonds. The number of carbonyl (C=O) groups is 1. The van der Waals surface area contributed by atoms with E-state index in [2.05, 4.69) is 25.9 Å². The summed E-state index contributed by atoms with van der Waals surface area (Å²) in [5.74, 6) is 0.174. The smallest absolute Gasteiger partial charge is 0.240 e. The molecule has 5 N–H and O–H groups in total. The van der Waals surface area contributed by atoms with Gasteiger partial charge in [0, 0.05) is 31.1 Å². The first kappa shape index (κ1) is 21.2. The van der Waals surface area contributed by atoms with E-state index in [1.165, 1.54) is 12.4 Å². The molecule has 1 aromatic heterocycles. The normalized spacial score (nSPS) is 14.8.